The van der Waals surface area contributed by atoms with Gasteiger partial charge in [0.1, 0.15) is 0 Å². The van der Waals surface area contributed by atoms with E-state index >= 15 is 0 Å². The lowest BCUT2D eigenvalue weighted by Gasteiger charge is -2.32. The summed E-state index contributed by atoms with van der Waals surface area (Å²) in [6.07, 6.45) is 24.1. The van der Waals surface area contributed by atoms with Crippen LogP contribution in [-0.2, 0) is 4.79 Å². The van der Waals surface area contributed by atoms with E-state index in [0.29, 0.717) is 6.42 Å². The van der Waals surface area contributed by atoms with Gasteiger partial charge in [-0.2, -0.15) is 0 Å². The molecule has 1 heterocycles. The van der Waals surface area contributed by atoms with Gasteiger partial charge in [0.15, 0.2) is 5.78 Å². The highest BCUT2D eigenvalue weighted by Crippen LogP contribution is 2.41. The van der Waals surface area contributed by atoms with E-state index in [9.17, 15) is 4.79 Å². The van der Waals surface area contributed by atoms with Crippen molar-refractivity contribution in [2.24, 2.45) is 10.4 Å². The summed E-state index contributed by atoms with van der Waals surface area (Å²) in [5.74, 6) is 0.253. The van der Waals surface area contributed by atoms with Crippen molar-refractivity contribution in [3.63, 3.8) is 0 Å². The summed E-state index contributed by atoms with van der Waals surface area (Å²) in [5, 5.41) is 3.57. The number of Topliss-reactive ketones (excluding diaryl/α,β-unsaturated/α-hetero) is 1. The summed E-state index contributed by atoms with van der Waals surface area (Å²) in [6.45, 7) is 6.65. The molecular weight excluding hydrogens is 428 g/mol. The summed E-state index contributed by atoms with van der Waals surface area (Å²) >= 11 is 0. The monoisotopic (exact) mass is 476 g/mol. The van der Waals surface area contributed by atoms with E-state index in [2.05, 4.69) is 50.4 Å². The molecule has 0 fully saturated rings. The first-order valence-electron chi connectivity index (χ1n) is 14.4. The molecule has 0 radical (unpaired) electrons. The van der Waals surface area contributed by atoms with Crippen LogP contribution in [-0.4, -0.2) is 11.5 Å². The average molecular weight is 477 g/mol. The second kappa shape index (κ2) is 14.4. The zero-order valence-corrected chi connectivity index (χ0v) is 22.6. The number of carbonyl (C=O) groups excluding carboxylic acids is 1. The summed E-state index contributed by atoms with van der Waals surface area (Å²) in [6, 6.07) is 8.18. The van der Waals surface area contributed by atoms with Gasteiger partial charge in [-0.05, 0) is 62.5 Å². The molecule has 1 aliphatic heterocycles. The maximum Gasteiger partial charge on any atom is 0.167 e. The van der Waals surface area contributed by atoms with Crippen LogP contribution >= 0.6 is 0 Å². The van der Waals surface area contributed by atoms with E-state index in [1.807, 2.05) is 12.1 Å². The van der Waals surface area contributed by atoms with Crippen LogP contribution in [0.2, 0.25) is 0 Å². The highest BCUT2D eigenvalue weighted by molar-refractivity contribution is 6.25. The summed E-state index contributed by atoms with van der Waals surface area (Å²) in [5.41, 5.74) is 4.91. The molecule has 1 aliphatic carbocycles. The molecule has 0 unspecified atom stereocenters. The zero-order valence-electron chi connectivity index (χ0n) is 22.6. The Balaban J connectivity index is 1.39. The third-order valence-electron chi connectivity index (χ3n) is 7.28. The molecule has 3 rings (SSSR count). The molecule has 0 aromatic heterocycles. The first-order chi connectivity index (χ1) is 17.0. The summed E-state index contributed by atoms with van der Waals surface area (Å²) < 4.78 is 0. The number of rotatable bonds is 15. The maximum absolute atomic E-state index is 13.1. The van der Waals surface area contributed by atoms with Gasteiger partial charge in [0.25, 0.3) is 0 Å². The number of anilines is 1. The van der Waals surface area contributed by atoms with Gasteiger partial charge < -0.3 is 5.32 Å². The number of allylic oxidation sites excluding steroid dienone is 4. The Morgan fingerprint density at radius 3 is 2.20 bits per heavy atom. The van der Waals surface area contributed by atoms with Crippen LogP contribution in [0, 0.1) is 5.41 Å². The standard InChI is InChI=1S/C32H48N2O/c1-4-5-6-7-8-9-10-11-12-13-14-15-16-17-18-23-28-31-29(24-32(2,3)25-30(31)35)34-27-22-20-19-21-26(27)33-28/h11-12,19-22,34H,4-10,13-18,23-25H2,1-3H3/b12-11+. The number of nitrogens with one attached hydrogen (secondary N) is 1. The van der Waals surface area contributed by atoms with E-state index in [1.165, 1.54) is 77.0 Å². The van der Waals surface area contributed by atoms with Crippen molar-refractivity contribution in [3.8, 4) is 0 Å². The lowest BCUT2D eigenvalue weighted by Crippen LogP contribution is -2.31. The number of hydrogen-bond acceptors (Lipinski definition) is 3. The number of unbranched alkanes of at least 4 members (excludes halogenated alkanes) is 11. The van der Waals surface area contributed by atoms with Crippen molar-refractivity contribution in [2.45, 2.75) is 124 Å². The zero-order chi connectivity index (χ0) is 24.9. The average Bonchev–Trinajstić information content (AvgIpc) is 2.97. The van der Waals surface area contributed by atoms with Crippen LogP contribution in [0.15, 0.2) is 52.7 Å². The largest absolute Gasteiger partial charge is 0.356 e. The van der Waals surface area contributed by atoms with Crippen LogP contribution in [0.5, 0.6) is 0 Å². The number of carbonyl (C=O) groups is 1. The van der Waals surface area contributed by atoms with Gasteiger partial charge in [0.2, 0.25) is 0 Å². The molecule has 0 spiro atoms. The molecule has 0 amide bonds. The molecule has 0 saturated carbocycles. The highest BCUT2D eigenvalue weighted by atomic mass is 16.1. The minimum atomic E-state index is -0.00358. The van der Waals surface area contributed by atoms with Gasteiger partial charge in [0.05, 0.1) is 22.7 Å². The van der Waals surface area contributed by atoms with Gasteiger partial charge >= 0.3 is 0 Å². The Kier molecular flexibility index (Phi) is 11.3. The van der Waals surface area contributed by atoms with Gasteiger partial charge in [-0.25, -0.2) is 0 Å². The molecule has 0 atom stereocenters. The number of fused-ring (bicyclic) bond motifs is 1. The quantitative estimate of drug-likeness (QED) is 0.202. The molecule has 1 aromatic carbocycles. The van der Waals surface area contributed by atoms with Crippen LogP contribution < -0.4 is 5.32 Å². The predicted octanol–water partition coefficient (Wildman–Crippen LogP) is 9.87. The molecule has 1 aromatic rings. The Labute approximate surface area is 214 Å². The van der Waals surface area contributed by atoms with Crippen LogP contribution in [0.25, 0.3) is 0 Å². The van der Waals surface area contributed by atoms with Crippen molar-refractivity contribution < 1.29 is 4.79 Å². The Morgan fingerprint density at radius 1 is 0.857 bits per heavy atom. The summed E-state index contributed by atoms with van der Waals surface area (Å²) in [7, 11) is 0. The molecule has 35 heavy (non-hydrogen) atoms. The molecule has 192 valence electrons. The molecule has 3 heteroatoms. The normalized spacial score (nSPS) is 17.1. The van der Waals surface area contributed by atoms with Crippen molar-refractivity contribution in [1.82, 2.24) is 0 Å². The number of para-hydroxylation sites is 2. The van der Waals surface area contributed by atoms with E-state index in [0.717, 1.165) is 47.6 Å². The third-order valence-corrected chi connectivity index (χ3v) is 7.28. The van der Waals surface area contributed by atoms with Gasteiger partial charge in [-0.1, -0.05) is 96.4 Å². The van der Waals surface area contributed by atoms with Crippen LogP contribution in [0.4, 0.5) is 11.4 Å². The first-order valence-corrected chi connectivity index (χ1v) is 14.4. The maximum atomic E-state index is 13.1. The topological polar surface area (TPSA) is 41.5 Å². The van der Waals surface area contributed by atoms with Crippen molar-refractivity contribution in [2.75, 3.05) is 5.32 Å². The molecule has 1 N–H and O–H groups in total. The number of benzene rings is 1. The fourth-order valence-corrected chi connectivity index (χ4v) is 5.35. The molecular formula is C32H48N2O. The lowest BCUT2D eigenvalue weighted by molar-refractivity contribution is -0.117. The van der Waals surface area contributed by atoms with E-state index in [1.54, 1.807) is 0 Å². The van der Waals surface area contributed by atoms with Crippen LogP contribution in [0.3, 0.4) is 0 Å². The third kappa shape index (κ3) is 9.09. The van der Waals surface area contributed by atoms with E-state index in [4.69, 9.17) is 4.99 Å². The second-order valence-electron chi connectivity index (χ2n) is 11.3. The number of aliphatic imine (C=N–C) groups is 1. The Morgan fingerprint density at radius 2 is 1.49 bits per heavy atom. The Bertz CT molecular complexity index is 906. The molecule has 0 bridgehead atoms. The smallest absolute Gasteiger partial charge is 0.167 e. The lowest BCUT2D eigenvalue weighted by atomic mass is 9.74. The fraction of sp³-hybridized carbons (Fsp3) is 0.625. The number of hydrogen-bond donors (Lipinski definition) is 1. The van der Waals surface area contributed by atoms with Gasteiger partial charge in [-0.15, -0.1) is 0 Å². The molecule has 2 aliphatic rings. The van der Waals surface area contributed by atoms with Crippen LogP contribution in [0.1, 0.15) is 124 Å². The van der Waals surface area contributed by atoms with Crippen molar-refractivity contribution in [3.05, 3.63) is 47.7 Å². The summed E-state index contributed by atoms with van der Waals surface area (Å²) in [4.78, 5) is 18.1. The van der Waals surface area contributed by atoms with Gasteiger partial charge in [-0.3, -0.25) is 9.79 Å². The second-order valence-corrected chi connectivity index (χ2v) is 11.3. The minimum Gasteiger partial charge on any atom is -0.356 e. The Hall–Kier alpha value is -2.16. The SMILES string of the molecule is CCCCCCCC/C=C/CCCCCCCC1=Nc2ccccc2NC2=C1C(=O)CC(C)(C)C2. The minimum absolute atomic E-state index is 0.00358. The van der Waals surface area contributed by atoms with E-state index < -0.39 is 0 Å². The molecule has 3 nitrogen and oxygen atoms in total. The molecule has 0 saturated heterocycles. The highest BCUT2D eigenvalue weighted by Gasteiger charge is 2.36. The first kappa shape index (κ1) is 27.4. The number of ketones is 1. The van der Waals surface area contributed by atoms with Gasteiger partial charge in [0, 0.05) is 12.1 Å². The number of nitrogens with zero attached hydrogens (tertiary/aromatic N) is 1. The van der Waals surface area contributed by atoms with Crippen molar-refractivity contribution in [1.29, 1.82) is 0 Å². The van der Waals surface area contributed by atoms with Crippen molar-refractivity contribution >= 4 is 22.9 Å². The predicted molar refractivity (Wildman–Crippen MR) is 152 cm³/mol. The fourth-order valence-electron chi connectivity index (χ4n) is 5.35. The van der Waals surface area contributed by atoms with E-state index in [-0.39, 0.29) is 11.2 Å².